The van der Waals surface area contributed by atoms with Gasteiger partial charge in [0.2, 0.25) is 11.8 Å². The quantitative estimate of drug-likeness (QED) is 0.727. The summed E-state index contributed by atoms with van der Waals surface area (Å²) in [7, 11) is 0. The van der Waals surface area contributed by atoms with Crippen LogP contribution in [0.4, 0.5) is 5.69 Å². The van der Waals surface area contributed by atoms with E-state index in [0.717, 1.165) is 5.56 Å². The molecule has 2 amide bonds. The van der Waals surface area contributed by atoms with Crippen molar-refractivity contribution < 1.29 is 19.1 Å². The molecule has 0 fully saturated rings. The van der Waals surface area contributed by atoms with Crippen LogP contribution >= 0.6 is 0 Å². The van der Waals surface area contributed by atoms with Crippen LogP contribution in [-0.2, 0) is 20.7 Å². The Kier molecular flexibility index (Phi) is 7.55. The Morgan fingerprint density at radius 2 is 1.67 bits per heavy atom. The first-order valence-corrected chi connectivity index (χ1v) is 8.87. The third kappa shape index (κ3) is 5.95. The molecule has 2 rings (SSSR count). The predicted octanol–water partition coefficient (Wildman–Crippen LogP) is 2.58. The van der Waals surface area contributed by atoms with Crippen LogP contribution in [0.5, 0.6) is 0 Å². The van der Waals surface area contributed by atoms with Crippen LogP contribution in [0, 0.1) is 0 Å². The first-order valence-electron chi connectivity index (χ1n) is 8.87. The minimum atomic E-state index is -0.479. The summed E-state index contributed by atoms with van der Waals surface area (Å²) in [5.41, 5.74) is 1.72. The van der Waals surface area contributed by atoms with E-state index in [1.807, 2.05) is 30.3 Å². The van der Waals surface area contributed by atoms with E-state index in [2.05, 4.69) is 5.32 Å². The zero-order valence-electron chi connectivity index (χ0n) is 15.6. The number of carbonyl (C=O) groups excluding carboxylic acids is 3. The van der Waals surface area contributed by atoms with Gasteiger partial charge in [-0.25, -0.2) is 4.79 Å². The van der Waals surface area contributed by atoms with Crippen molar-refractivity contribution in [1.29, 1.82) is 0 Å². The van der Waals surface area contributed by atoms with Crippen molar-refractivity contribution in [3.8, 4) is 0 Å². The Morgan fingerprint density at radius 1 is 1.00 bits per heavy atom. The standard InChI is InChI=1S/C21H24N2O4/c1-3-27-21(26)18-11-7-8-12-19(18)23(16(2)24)14-13-22-20(25)15-17-9-5-4-6-10-17/h4-12H,3,13-15H2,1-2H3,(H,22,25). The number of esters is 1. The maximum absolute atomic E-state index is 12.1. The maximum Gasteiger partial charge on any atom is 0.340 e. The summed E-state index contributed by atoms with van der Waals surface area (Å²) in [4.78, 5) is 37.8. The summed E-state index contributed by atoms with van der Waals surface area (Å²) >= 11 is 0. The number of hydrogen-bond acceptors (Lipinski definition) is 4. The van der Waals surface area contributed by atoms with Crippen LogP contribution in [0.2, 0.25) is 0 Å². The van der Waals surface area contributed by atoms with Gasteiger partial charge in [0.1, 0.15) is 0 Å². The van der Waals surface area contributed by atoms with E-state index in [4.69, 9.17) is 4.74 Å². The van der Waals surface area contributed by atoms with E-state index >= 15 is 0 Å². The van der Waals surface area contributed by atoms with Gasteiger partial charge in [-0.1, -0.05) is 42.5 Å². The van der Waals surface area contributed by atoms with Gasteiger partial charge in [-0.15, -0.1) is 0 Å². The van der Waals surface area contributed by atoms with E-state index < -0.39 is 5.97 Å². The van der Waals surface area contributed by atoms with Crippen LogP contribution in [0.15, 0.2) is 54.6 Å². The van der Waals surface area contributed by atoms with Gasteiger partial charge in [0.15, 0.2) is 0 Å². The summed E-state index contributed by atoms with van der Waals surface area (Å²) < 4.78 is 5.06. The fourth-order valence-electron chi connectivity index (χ4n) is 2.69. The molecule has 6 heteroatoms. The van der Waals surface area contributed by atoms with Crippen molar-refractivity contribution in [2.24, 2.45) is 0 Å². The fourth-order valence-corrected chi connectivity index (χ4v) is 2.69. The monoisotopic (exact) mass is 368 g/mol. The number of nitrogens with one attached hydrogen (secondary N) is 1. The molecule has 142 valence electrons. The molecular formula is C21H24N2O4. The molecule has 27 heavy (non-hydrogen) atoms. The van der Waals surface area contributed by atoms with Gasteiger partial charge >= 0.3 is 5.97 Å². The summed E-state index contributed by atoms with van der Waals surface area (Å²) in [5.74, 6) is -0.820. The van der Waals surface area contributed by atoms with E-state index in [1.54, 1.807) is 31.2 Å². The topological polar surface area (TPSA) is 75.7 Å². The molecule has 0 aromatic heterocycles. The van der Waals surface area contributed by atoms with E-state index in [1.165, 1.54) is 11.8 Å². The number of nitrogens with zero attached hydrogens (tertiary/aromatic N) is 1. The lowest BCUT2D eigenvalue weighted by Gasteiger charge is -2.23. The predicted molar refractivity (Wildman–Crippen MR) is 104 cm³/mol. The number of carbonyl (C=O) groups is 3. The highest BCUT2D eigenvalue weighted by Gasteiger charge is 2.20. The Bertz CT molecular complexity index is 790. The van der Waals surface area contributed by atoms with Gasteiger partial charge in [0.25, 0.3) is 0 Å². The lowest BCUT2D eigenvalue weighted by atomic mass is 10.1. The smallest absolute Gasteiger partial charge is 0.340 e. The minimum absolute atomic E-state index is 0.122. The number of ether oxygens (including phenoxy) is 1. The normalized spacial score (nSPS) is 10.1. The number of anilines is 1. The van der Waals surface area contributed by atoms with Gasteiger partial charge in [-0.2, -0.15) is 0 Å². The third-order valence-electron chi connectivity index (χ3n) is 3.94. The minimum Gasteiger partial charge on any atom is -0.462 e. The van der Waals surface area contributed by atoms with Crippen molar-refractivity contribution >= 4 is 23.5 Å². The number of amides is 2. The SMILES string of the molecule is CCOC(=O)c1ccccc1N(CCNC(=O)Cc1ccccc1)C(C)=O. The molecule has 0 spiro atoms. The van der Waals surface area contributed by atoms with Crippen LogP contribution in [-0.4, -0.2) is 37.5 Å². The molecule has 2 aromatic carbocycles. The second-order valence-electron chi connectivity index (χ2n) is 5.92. The average Bonchev–Trinajstić information content (AvgIpc) is 2.66. The van der Waals surface area contributed by atoms with E-state index in [9.17, 15) is 14.4 Å². The van der Waals surface area contributed by atoms with Gasteiger partial charge in [-0.05, 0) is 24.6 Å². The lowest BCUT2D eigenvalue weighted by molar-refractivity contribution is -0.121. The van der Waals surface area contributed by atoms with Gasteiger partial charge in [0, 0.05) is 20.0 Å². The number of para-hydroxylation sites is 1. The highest BCUT2D eigenvalue weighted by atomic mass is 16.5. The second kappa shape index (κ2) is 10.1. The average molecular weight is 368 g/mol. The number of rotatable bonds is 8. The summed E-state index contributed by atoms with van der Waals surface area (Å²) in [6.45, 7) is 3.94. The Hall–Kier alpha value is -3.15. The summed E-state index contributed by atoms with van der Waals surface area (Å²) in [5, 5.41) is 2.81. The number of hydrogen-bond donors (Lipinski definition) is 1. The van der Waals surface area contributed by atoms with Gasteiger partial charge in [0.05, 0.1) is 24.3 Å². The molecule has 0 heterocycles. The fraction of sp³-hybridized carbons (Fsp3) is 0.286. The zero-order valence-corrected chi connectivity index (χ0v) is 15.6. The van der Waals surface area contributed by atoms with Crippen molar-refractivity contribution in [2.75, 3.05) is 24.6 Å². The first kappa shape index (κ1) is 20.2. The molecular weight excluding hydrogens is 344 g/mol. The first-order chi connectivity index (χ1) is 13.0. The van der Waals surface area contributed by atoms with Gasteiger partial charge in [-0.3, -0.25) is 9.59 Å². The largest absolute Gasteiger partial charge is 0.462 e. The van der Waals surface area contributed by atoms with Crippen LogP contribution < -0.4 is 10.2 Å². The third-order valence-corrected chi connectivity index (χ3v) is 3.94. The van der Waals surface area contributed by atoms with Gasteiger partial charge < -0.3 is 15.0 Å². The van der Waals surface area contributed by atoms with Crippen molar-refractivity contribution in [1.82, 2.24) is 5.32 Å². The molecule has 0 aliphatic rings. The Morgan fingerprint density at radius 3 is 2.33 bits per heavy atom. The van der Waals surface area contributed by atoms with E-state index in [0.29, 0.717) is 11.3 Å². The molecule has 0 aliphatic carbocycles. The van der Waals surface area contributed by atoms with Crippen LogP contribution in [0.1, 0.15) is 29.8 Å². The maximum atomic E-state index is 12.1. The summed E-state index contributed by atoms with van der Waals surface area (Å²) in [6.07, 6.45) is 0.278. The van der Waals surface area contributed by atoms with Crippen molar-refractivity contribution in [3.63, 3.8) is 0 Å². The lowest BCUT2D eigenvalue weighted by Crippen LogP contribution is -2.38. The molecule has 2 aromatic rings. The molecule has 0 unspecified atom stereocenters. The highest BCUT2D eigenvalue weighted by molar-refractivity contribution is 6.02. The Labute approximate surface area is 159 Å². The molecule has 0 radical (unpaired) electrons. The van der Waals surface area contributed by atoms with E-state index in [-0.39, 0.29) is 37.9 Å². The molecule has 0 saturated heterocycles. The van der Waals surface area contributed by atoms with Crippen molar-refractivity contribution in [2.45, 2.75) is 20.3 Å². The molecule has 6 nitrogen and oxygen atoms in total. The number of benzene rings is 2. The summed E-state index contributed by atoms with van der Waals surface area (Å²) in [6, 6.07) is 16.2. The second-order valence-corrected chi connectivity index (χ2v) is 5.92. The molecule has 0 bridgehead atoms. The molecule has 1 N–H and O–H groups in total. The van der Waals surface area contributed by atoms with Crippen molar-refractivity contribution in [3.05, 3.63) is 65.7 Å². The molecule has 0 saturated carbocycles. The highest BCUT2D eigenvalue weighted by Crippen LogP contribution is 2.21. The van der Waals surface area contributed by atoms with Crippen LogP contribution in [0.25, 0.3) is 0 Å². The zero-order chi connectivity index (χ0) is 19.6. The van der Waals surface area contributed by atoms with Crippen LogP contribution in [0.3, 0.4) is 0 Å². The molecule has 0 atom stereocenters. The Balaban J connectivity index is 2.01. The molecule has 0 aliphatic heterocycles.